The third-order valence-electron chi connectivity index (χ3n) is 2.79. The average molecular weight is 262 g/mol. The number of nitrogens with zero attached hydrogens (tertiary/aromatic N) is 1. The molecule has 18 heavy (non-hydrogen) atoms. The number of aromatic nitrogens is 2. The topological polar surface area (TPSA) is 53.9 Å². The molecule has 0 fully saturated rings. The molecule has 2 N–H and O–H groups in total. The zero-order chi connectivity index (χ0) is 12.5. The Morgan fingerprint density at radius 3 is 3.06 bits per heavy atom. The van der Waals surface area contributed by atoms with Crippen LogP contribution in [-0.4, -0.2) is 17.0 Å². The molecule has 0 bridgehead atoms. The number of fused-ring (bicyclic) bond motifs is 1. The molecule has 5 heteroatoms. The highest BCUT2D eigenvalue weighted by molar-refractivity contribution is 6.32. The highest BCUT2D eigenvalue weighted by Gasteiger charge is 2.15. The fourth-order valence-electron chi connectivity index (χ4n) is 1.99. The van der Waals surface area contributed by atoms with Gasteiger partial charge in [-0.25, -0.2) is 4.98 Å². The van der Waals surface area contributed by atoms with E-state index in [4.69, 9.17) is 16.0 Å². The lowest BCUT2D eigenvalue weighted by molar-refractivity contribution is 0.617. The average Bonchev–Trinajstić information content (AvgIpc) is 2.93. The summed E-state index contributed by atoms with van der Waals surface area (Å²) >= 11 is 6.19. The van der Waals surface area contributed by atoms with E-state index >= 15 is 0 Å². The van der Waals surface area contributed by atoms with Crippen molar-refractivity contribution in [2.45, 2.75) is 6.54 Å². The van der Waals surface area contributed by atoms with E-state index in [0.29, 0.717) is 11.7 Å². The van der Waals surface area contributed by atoms with Crippen molar-refractivity contribution >= 4 is 22.6 Å². The second-order valence-corrected chi connectivity index (χ2v) is 4.40. The van der Waals surface area contributed by atoms with Gasteiger partial charge in [0.2, 0.25) is 0 Å². The molecule has 4 nitrogen and oxygen atoms in total. The van der Waals surface area contributed by atoms with E-state index in [2.05, 4.69) is 15.3 Å². The number of nitrogens with one attached hydrogen (secondary N) is 2. The molecule has 0 aliphatic heterocycles. The normalized spacial score (nSPS) is 11.2. The second-order valence-electron chi connectivity index (χ2n) is 4.02. The van der Waals surface area contributed by atoms with E-state index in [1.54, 1.807) is 6.26 Å². The monoisotopic (exact) mass is 261 g/mol. The summed E-state index contributed by atoms with van der Waals surface area (Å²) < 4.78 is 5.50. The zero-order valence-corrected chi connectivity index (χ0v) is 10.6. The third kappa shape index (κ3) is 1.79. The Kier molecular flexibility index (Phi) is 2.81. The lowest BCUT2D eigenvalue weighted by Crippen LogP contribution is -2.06. The van der Waals surface area contributed by atoms with Gasteiger partial charge in [0.05, 0.1) is 6.54 Å². The molecule has 0 atom stereocenters. The molecule has 0 aliphatic rings. The SMILES string of the molecule is CNCc1nc(-c2coc3ccccc23)c(Cl)[nH]1. The Hall–Kier alpha value is -1.78. The Labute approximate surface area is 109 Å². The van der Waals surface area contributed by atoms with Gasteiger partial charge in [-0.05, 0) is 13.1 Å². The number of benzene rings is 1. The molecule has 3 aromatic rings. The van der Waals surface area contributed by atoms with Crippen LogP contribution < -0.4 is 5.32 Å². The smallest absolute Gasteiger partial charge is 0.134 e. The summed E-state index contributed by atoms with van der Waals surface area (Å²) in [6, 6.07) is 7.83. The first-order chi connectivity index (χ1) is 8.79. The van der Waals surface area contributed by atoms with Crippen LogP contribution in [0.4, 0.5) is 0 Å². The summed E-state index contributed by atoms with van der Waals surface area (Å²) in [7, 11) is 1.86. The van der Waals surface area contributed by atoms with Crippen LogP contribution in [0.1, 0.15) is 5.82 Å². The van der Waals surface area contributed by atoms with Gasteiger partial charge in [0, 0.05) is 10.9 Å². The van der Waals surface area contributed by atoms with Gasteiger partial charge in [0.25, 0.3) is 0 Å². The second kappa shape index (κ2) is 4.48. The van der Waals surface area contributed by atoms with Gasteiger partial charge < -0.3 is 14.7 Å². The van der Waals surface area contributed by atoms with E-state index in [1.165, 1.54) is 0 Å². The Morgan fingerprint density at radius 1 is 1.39 bits per heavy atom. The third-order valence-corrected chi connectivity index (χ3v) is 3.06. The molecule has 2 aromatic heterocycles. The van der Waals surface area contributed by atoms with Gasteiger partial charge >= 0.3 is 0 Å². The first-order valence-electron chi connectivity index (χ1n) is 5.65. The number of imidazole rings is 1. The molecule has 0 amide bonds. The van der Waals surface area contributed by atoms with Crippen molar-refractivity contribution in [3.05, 3.63) is 41.5 Å². The predicted molar refractivity (Wildman–Crippen MR) is 71.6 cm³/mol. The van der Waals surface area contributed by atoms with Crippen LogP contribution in [-0.2, 0) is 6.54 Å². The summed E-state index contributed by atoms with van der Waals surface area (Å²) in [5.41, 5.74) is 2.47. The van der Waals surface area contributed by atoms with E-state index in [-0.39, 0.29) is 0 Å². The fourth-order valence-corrected chi connectivity index (χ4v) is 2.24. The van der Waals surface area contributed by atoms with Crippen LogP contribution in [0.2, 0.25) is 5.15 Å². The van der Waals surface area contributed by atoms with Crippen LogP contribution in [0.3, 0.4) is 0 Å². The van der Waals surface area contributed by atoms with Gasteiger partial charge in [-0.3, -0.25) is 0 Å². The molecule has 2 heterocycles. The van der Waals surface area contributed by atoms with E-state index in [1.807, 2.05) is 31.3 Å². The molecule has 0 spiro atoms. The highest BCUT2D eigenvalue weighted by Crippen LogP contribution is 2.33. The van der Waals surface area contributed by atoms with Crippen LogP contribution >= 0.6 is 11.6 Å². The summed E-state index contributed by atoms with van der Waals surface area (Å²) in [4.78, 5) is 7.53. The van der Waals surface area contributed by atoms with Gasteiger partial charge in [-0.15, -0.1) is 0 Å². The van der Waals surface area contributed by atoms with Crippen molar-refractivity contribution in [1.29, 1.82) is 0 Å². The fraction of sp³-hybridized carbons (Fsp3) is 0.154. The molecule has 0 saturated heterocycles. The number of hydrogen-bond acceptors (Lipinski definition) is 3. The van der Waals surface area contributed by atoms with Crippen molar-refractivity contribution in [2.75, 3.05) is 7.05 Å². The molecule has 3 rings (SSSR count). The van der Waals surface area contributed by atoms with Gasteiger partial charge in [0.15, 0.2) is 0 Å². The minimum Gasteiger partial charge on any atom is -0.464 e. The number of aromatic amines is 1. The molecule has 0 radical (unpaired) electrons. The Bertz CT molecular complexity index is 686. The van der Waals surface area contributed by atoms with Gasteiger partial charge in [-0.2, -0.15) is 0 Å². The maximum atomic E-state index is 6.19. The summed E-state index contributed by atoms with van der Waals surface area (Å²) in [5, 5.41) is 4.58. The first kappa shape index (κ1) is 11.3. The minimum absolute atomic E-state index is 0.534. The van der Waals surface area contributed by atoms with Crippen molar-refractivity contribution < 1.29 is 4.42 Å². The maximum Gasteiger partial charge on any atom is 0.134 e. The van der Waals surface area contributed by atoms with Gasteiger partial charge in [0.1, 0.15) is 28.5 Å². The van der Waals surface area contributed by atoms with E-state index in [0.717, 1.165) is 28.1 Å². The maximum absolute atomic E-state index is 6.19. The number of rotatable bonds is 3. The van der Waals surface area contributed by atoms with Crippen LogP contribution in [0.15, 0.2) is 34.9 Å². The van der Waals surface area contributed by atoms with Crippen molar-refractivity contribution in [3.8, 4) is 11.3 Å². The molecular weight excluding hydrogens is 250 g/mol. The van der Waals surface area contributed by atoms with Crippen molar-refractivity contribution in [1.82, 2.24) is 15.3 Å². The van der Waals surface area contributed by atoms with Crippen LogP contribution in [0, 0.1) is 0 Å². The van der Waals surface area contributed by atoms with Crippen LogP contribution in [0.25, 0.3) is 22.2 Å². The summed E-state index contributed by atoms with van der Waals surface area (Å²) in [5.74, 6) is 0.808. The largest absolute Gasteiger partial charge is 0.464 e. The molecule has 0 unspecified atom stereocenters. The zero-order valence-electron chi connectivity index (χ0n) is 9.83. The highest BCUT2D eigenvalue weighted by atomic mass is 35.5. The summed E-state index contributed by atoms with van der Waals surface area (Å²) in [6.45, 7) is 0.648. The molecule has 92 valence electrons. The number of hydrogen-bond donors (Lipinski definition) is 2. The molecule has 1 aromatic carbocycles. The van der Waals surface area contributed by atoms with E-state index < -0.39 is 0 Å². The Morgan fingerprint density at radius 2 is 2.22 bits per heavy atom. The predicted octanol–water partition coefficient (Wildman–Crippen LogP) is 3.20. The molecule has 0 saturated carbocycles. The number of para-hydroxylation sites is 1. The standard InChI is InChI=1S/C13H12ClN3O/c1-15-6-11-16-12(13(14)17-11)9-7-18-10-5-3-2-4-8(9)10/h2-5,7,15H,6H2,1H3,(H,16,17). The quantitative estimate of drug-likeness (QED) is 0.761. The summed E-state index contributed by atoms with van der Waals surface area (Å²) in [6.07, 6.45) is 1.69. The Balaban J connectivity index is 2.14. The first-order valence-corrected chi connectivity index (χ1v) is 6.03. The van der Waals surface area contributed by atoms with E-state index in [9.17, 15) is 0 Å². The van der Waals surface area contributed by atoms with Gasteiger partial charge in [-0.1, -0.05) is 29.8 Å². The van der Waals surface area contributed by atoms with Crippen LogP contribution in [0.5, 0.6) is 0 Å². The molecule has 0 aliphatic carbocycles. The lowest BCUT2D eigenvalue weighted by atomic mass is 10.1. The number of H-pyrrole nitrogens is 1. The lowest BCUT2D eigenvalue weighted by Gasteiger charge is -1.93. The minimum atomic E-state index is 0.534. The number of halogens is 1. The van der Waals surface area contributed by atoms with Crippen molar-refractivity contribution in [3.63, 3.8) is 0 Å². The number of furan rings is 1. The van der Waals surface area contributed by atoms with Crippen molar-refractivity contribution in [2.24, 2.45) is 0 Å². The molecular formula is C13H12ClN3O.